The number of piperidine rings is 1. The molecule has 0 aromatic carbocycles. The highest BCUT2D eigenvalue weighted by atomic mass is 16.7. The Bertz CT molecular complexity index is 674. The highest BCUT2D eigenvalue weighted by Crippen LogP contribution is 2.34. The van der Waals surface area contributed by atoms with Crippen molar-refractivity contribution < 1.29 is 14.4 Å². The molecule has 2 aliphatic rings. The smallest absolute Gasteiger partial charge is 0.273 e. The van der Waals surface area contributed by atoms with Gasteiger partial charge in [-0.2, -0.15) is 0 Å². The number of aromatic nitrogens is 1. The Morgan fingerprint density at radius 1 is 1.44 bits per heavy atom. The standard InChI is InChI=1S/C18H24N4O3/c1-13(2)9-16(23)22-8-4-6-18(12-22)10-15(21-25-18)17(24)20-14-5-3-7-19-11-14/h3,5,7,11,13H,4,6,8-10,12H2,1-2H3,(H,20,24). The lowest BCUT2D eigenvalue weighted by Crippen LogP contribution is -2.51. The third-order valence-corrected chi connectivity index (χ3v) is 4.50. The number of hydrogen-bond donors (Lipinski definition) is 1. The molecule has 0 aliphatic carbocycles. The van der Waals surface area contributed by atoms with Crippen LogP contribution >= 0.6 is 0 Å². The molecule has 1 atom stereocenters. The van der Waals surface area contributed by atoms with Gasteiger partial charge in [-0.1, -0.05) is 19.0 Å². The molecule has 2 aliphatic heterocycles. The van der Waals surface area contributed by atoms with Gasteiger partial charge in [0, 0.05) is 25.6 Å². The zero-order chi connectivity index (χ0) is 17.9. The summed E-state index contributed by atoms with van der Waals surface area (Å²) in [5, 5.41) is 6.78. The van der Waals surface area contributed by atoms with Gasteiger partial charge in [-0.25, -0.2) is 0 Å². The third kappa shape index (κ3) is 4.15. The molecule has 1 spiro atoms. The van der Waals surface area contributed by atoms with Gasteiger partial charge in [-0.3, -0.25) is 14.6 Å². The third-order valence-electron chi connectivity index (χ3n) is 4.50. The van der Waals surface area contributed by atoms with Crippen LogP contribution in [0.1, 0.15) is 39.5 Å². The average Bonchev–Trinajstić information content (AvgIpc) is 2.99. The maximum Gasteiger partial charge on any atom is 0.273 e. The highest BCUT2D eigenvalue weighted by molar-refractivity contribution is 6.43. The highest BCUT2D eigenvalue weighted by Gasteiger charge is 2.45. The Hall–Kier alpha value is -2.44. The number of nitrogens with zero attached hydrogens (tertiary/aromatic N) is 3. The van der Waals surface area contributed by atoms with Crippen molar-refractivity contribution in [3.63, 3.8) is 0 Å². The molecule has 0 radical (unpaired) electrons. The van der Waals surface area contributed by atoms with Gasteiger partial charge in [-0.05, 0) is 30.9 Å². The van der Waals surface area contributed by atoms with Gasteiger partial charge in [0.1, 0.15) is 5.71 Å². The molecule has 3 rings (SSSR count). The molecule has 1 saturated heterocycles. The molecule has 7 nitrogen and oxygen atoms in total. The lowest BCUT2D eigenvalue weighted by molar-refractivity contribution is -0.141. The molecule has 1 N–H and O–H groups in total. The monoisotopic (exact) mass is 344 g/mol. The predicted molar refractivity (Wildman–Crippen MR) is 94.0 cm³/mol. The van der Waals surface area contributed by atoms with E-state index in [-0.39, 0.29) is 11.8 Å². The Morgan fingerprint density at radius 2 is 2.28 bits per heavy atom. The van der Waals surface area contributed by atoms with Crippen molar-refractivity contribution in [3.8, 4) is 0 Å². The van der Waals surface area contributed by atoms with Crippen LogP contribution in [0.4, 0.5) is 5.69 Å². The Balaban J connectivity index is 1.60. The summed E-state index contributed by atoms with van der Waals surface area (Å²) in [6, 6.07) is 3.52. The van der Waals surface area contributed by atoms with Gasteiger partial charge in [0.05, 0.1) is 18.4 Å². The number of rotatable bonds is 4. The number of nitrogens with one attached hydrogen (secondary N) is 1. The van der Waals surface area contributed by atoms with Crippen molar-refractivity contribution in [1.29, 1.82) is 0 Å². The first-order valence-electron chi connectivity index (χ1n) is 8.72. The Kier molecular flexibility index (Phi) is 5.01. The van der Waals surface area contributed by atoms with Crippen LogP contribution in [-0.2, 0) is 14.4 Å². The van der Waals surface area contributed by atoms with Crippen molar-refractivity contribution in [2.24, 2.45) is 11.1 Å². The van der Waals surface area contributed by atoms with Crippen molar-refractivity contribution in [1.82, 2.24) is 9.88 Å². The molecule has 1 aromatic rings. The van der Waals surface area contributed by atoms with Crippen LogP contribution in [0.15, 0.2) is 29.7 Å². The number of pyridine rings is 1. The minimum atomic E-state index is -0.563. The summed E-state index contributed by atoms with van der Waals surface area (Å²) in [5.41, 5.74) is 0.419. The van der Waals surface area contributed by atoms with Crippen molar-refractivity contribution in [2.75, 3.05) is 18.4 Å². The molecule has 1 fully saturated rings. The zero-order valence-corrected chi connectivity index (χ0v) is 14.7. The van der Waals surface area contributed by atoms with Crippen LogP contribution in [0, 0.1) is 5.92 Å². The summed E-state index contributed by atoms with van der Waals surface area (Å²) in [4.78, 5) is 36.2. The van der Waals surface area contributed by atoms with E-state index in [9.17, 15) is 9.59 Å². The van der Waals surface area contributed by atoms with E-state index in [1.807, 2.05) is 18.7 Å². The summed E-state index contributed by atoms with van der Waals surface area (Å²) in [5.74, 6) is 0.188. The van der Waals surface area contributed by atoms with E-state index in [0.717, 1.165) is 19.4 Å². The van der Waals surface area contributed by atoms with E-state index in [1.165, 1.54) is 0 Å². The van der Waals surface area contributed by atoms with Crippen molar-refractivity contribution in [3.05, 3.63) is 24.5 Å². The topological polar surface area (TPSA) is 83.9 Å². The fourth-order valence-electron chi connectivity index (χ4n) is 3.29. The molecule has 1 unspecified atom stereocenters. The second-order valence-electron chi connectivity index (χ2n) is 7.20. The maximum atomic E-state index is 12.4. The Labute approximate surface area is 147 Å². The summed E-state index contributed by atoms with van der Waals surface area (Å²) in [6.45, 7) is 5.31. The molecule has 0 bridgehead atoms. The van der Waals surface area contributed by atoms with E-state index in [4.69, 9.17) is 4.84 Å². The van der Waals surface area contributed by atoms with Gasteiger partial charge in [0.15, 0.2) is 5.60 Å². The van der Waals surface area contributed by atoms with Crippen LogP contribution in [-0.4, -0.2) is 46.1 Å². The zero-order valence-electron chi connectivity index (χ0n) is 14.7. The molecule has 3 heterocycles. The van der Waals surface area contributed by atoms with Gasteiger partial charge in [0.2, 0.25) is 5.91 Å². The number of oxime groups is 1. The summed E-state index contributed by atoms with van der Waals surface area (Å²) in [6.07, 6.45) is 5.83. The fourth-order valence-corrected chi connectivity index (χ4v) is 3.29. The average molecular weight is 344 g/mol. The number of anilines is 1. The molecule has 7 heteroatoms. The van der Waals surface area contributed by atoms with Crippen LogP contribution < -0.4 is 5.32 Å². The molecule has 25 heavy (non-hydrogen) atoms. The number of hydrogen-bond acceptors (Lipinski definition) is 5. The largest absolute Gasteiger partial charge is 0.386 e. The van der Waals surface area contributed by atoms with E-state index in [2.05, 4.69) is 15.5 Å². The SMILES string of the molecule is CC(C)CC(=O)N1CCCC2(CC(C(=O)Nc3cccnc3)=NO2)C1. The Morgan fingerprint density at radius 3 is 3.00 bits per heavy atom. The second kappa shape index (κ2) is 7.21. The van der Waals surface area contributed by atoms with E-state index >= 15 is 0 Å². The number of amides is 2. The molecule has 1 aromatic heterocycles. The molecule has 2 amide bonds. The van der Waals surface area contributed by atoms with Crippen LogP contribution in [0.5, 0.6) is 0 Å². The second-order valence-corrected chi connectivity index (χ2v) is 7.20. The van der Waals surface area contributed by atoms with Gasteiger partial charge < -0.3 is 15.1 Å². The van der Waals surface area contributed by atoms with Crippen LogP contribution in [0.25, 0.3) is 0 Å². The van der Waals surface area contributed by atoms with Crippen molar-refractivity contribution >= 4 is 23.2 Å². The summed E-state index contributed by atoms with van der Waals surface area (Å²) >= 11 is 0. The fraction of sp³-hybridized carbons (Fsp3) is 0.556. The first-order chi connectivity index (χ1) is 12.0. The predicted octanol–water partition coefficient (Wildman–Crippen LogP) is 2.20. The lowest BCUT2D eigenvalue weighted by Gasteiger charge is -2.38. The lowest BCUT2D eigenvalue weighted by atomic mass is 9.87. The number of carbonyl (C=O) groups is 2. The van der Waals surface area contributed by atoms with E-state index in [0.29, 0.717) is 36.7 Å². The normalized spacial score (nSPS) is 22.7. The van der Waals surface area contributed by atoms with Gasteiger partial charge >= 0.3 is 0 Å². The first-order valence-corrected chi connectivity index (χ1v) is 8.72. The molecule has 134 valence electrons. The van der Waals surface area contributed by atoms with E-state index in [1.54, 1.807) is 24.5 Å². The molecule has 0 saturated carbocycles. The summed E-state index contributed by atoms with van der Waals surface area (Å²) < 4.78 is 0. The van der Waals surface area contributed by atoms with Crippen molar-refractivity contribution in [2.45, 2.75) is 45.1 Å². The quantitative estimate of drug-likeness (QED) is 0.907. The van der Waals surface area contributed by atoms with Crippen LogP contribution in [0.2, 0.25) is 0 Å². The molecular weight excluding hydrogens is 320 g/mol. The first kappa shape index (κ1) is 17.4. The van der Waals surface area contributed by atoms with Crippen LogP contribution in [0.3, 0.4) is 0 Å². The van der Waals surface area contributed by atoms with E-state index < -0.39 is 5.60 Å². The summed E-state index contributed by atoms with van der Waals surface area (Å²) in [7, 11) is 0. The molecular formula is C18H24N4O3. The minimum Gasteiger partial charge on any atom is -0.386 e. The van der Waals surface area contributed by atoms with Gasteiger partial charge in [0.25, 0.3) is 5.91 Å². The number of likely N-dealkylation sites (tertiary alicyclic amines) is 1. The maximum absolute atomic E-state index is 12.4. The van der Waals surface area contributed by atoms with Gasteiger partial charge in [-0.15, -0.1) is 0 Å². The number of carbonyl (C=O) groups excluding carboxylic acids is 2. The minimum absolute atomic E-state index is 0.144.